The first kappa shape index (κ1) is 16.6. The van der Waals surface area contributed by atoms with Crippen molar-refractivity contribution in [2.24, 2.45) is 0 Å². The molecule has 26 heavy (non-hydrogen) atoms. The minimum absolute atomic E-state index is 0.000202. The van der Waals surface area contributed by atoms with Gasteiger partial charge >= 0.3 is 5.97 Å². The van der Waals surface area contributed by atoms with Crippen molar-refractivity contribution in [1.82, 2.24) is 9.38 Å². The zero-order chi connectivity index (χ0) is 18.4. The van der Waals surface area contributed by atoms with Crippen molar-refractivity contribution in [1.29, 1.82) is 0 Å². The number of carboxylic acids is 1. The van der Waals surface area contributed by atoms with Crippen molar-refractivity contribution in [2.75, 3.05) is 11.9 Å². The number of anilines is 1. The molecule has 7 nitrogen and oxygen atoms in total. The van der Waals surface area contributed by atoms with E-state index in [4.69, 9.17) is 4.74 Å². The van der Waals surface area contributed by atoms with Crippen molar-refractivity contribution in [3.8, 4) is 17.0 Å². The highest BCUT2D eigenvalue weighted by Gasteiger charge is 2.25. The van der Waals surface area contributed by atoms with E-state index in [2.05, 4.69) is 10.3 Å². The Morgan fingerprint density at radius 1 is 1.38 bits per heavy atom. The second-order valence-electron chi connectivity index (χ2n) is 5.96. The summed E-state index contributed by atoms with van der Waals surface area (Å²) in [5.41, 5.74) is 2.99. The summed E-state index contributed by atoms with van der Waals surface area (Å²) < 4.78 is 7.13. The quantitative estimate of drug-likeness (QED) is 0.735. The Balaban J connectivity index is 1.98. The lowest BCUT2D eigenvalue weighted by molar-refractivity contribution is -0.118. The van der Waals surface area contributed by atoms with E-state index >= 15 is 0 Å². The number of aryl methyl sites for hydroxylation is 2. The number of thiazole rings is 1. The fraction of sp³-hybridized carbons (Fsp3) is 0.278. The maximum absolute atomic E-state index is 11.9. The van der Waals surface area contributed by atoms with Gasteiger partial charge in [0.2, 0.25) is 0 Å². The first-order chi connectivity index (χ1) is 12.5. The van der Waals surface area contributed by atoms with Crippen LogP contribution in [0.25, 0.3) is 16.2 Å². The SMILES string of the molecule is CCc1nc2sc(CC)c(-c3ccc4c(c3)NC(=O)CO4)n2c1C(=O)O. The molecule has 0 fully saturated rings. The number of hydrogen-bond donors (Lipinski definition) is 2. The van der Waals surface area contributed by atoms with Gasteiger partial charge in [0.05, 0.1) is 17.1 Å². The van der Waals surface area contributed by atoms with E-state index < -0.39 is 5.97 Å². The topological polar surface area (TPSA) is 92.9 Å². The standard InChI is InChI=1S/C18H17N3O4S/c1-3-10-16(17(23)24)21-15(13(4-2)26-18(21)20-10)9-5-6-12-11(7-9)19-14(22)8-25-12/h5-7H,3-4,8H2,1-2H3,(H,19,22)(H,23,24). The van der Waals surface area contributed by atoms with Crippen molar-refractivity contribution in [3.05, 3.63) is 34.5 Å². The highest BCUT2D eigenvalue weighted by molar-refractivity contribution is 7.17. The Bertz CT molecular complexity index is 1050. The number of aromatic nitrogens is 2. The average molecular weight is 371 g/mol. The monoisotopic (exact) mass is 371 g/mol. The summed E-state index contributed by atoms with van der Waals surface area (Å²) in [6.45, 7) is 3.92. The number of imidazole rings is 1. The molecule has 8 heteroatoms. The van der Waals surface area contributed by atoms with Crippen LogP contribution in [-0.4, -0.2) is 33.0 Å². The van der Waals surface area contributed by atoms with Gasteiger partial charge in [0, 0.05) is 10.4 Å². The molecule has 0 aliphatic carbocycles. The number of hydrogen-bond acceptors (Lipinski definition) is 5. The molecule has 4 rings (SSSR count). The van der Waals surface area contributed by atoms with Crippen LogP contribution in [0.2, 0.25) is 0 Å². The van der Waals surface area contributed by atoms with Crippen molar-refractivity contribution in [3.63, 3.8) is 0 Å². The highest BCUT2D eigenvalue weighted by Crippen LogP contribution is 2.38. The van der Waals surface area contributed by atoms with Crippen LogP contribution in [0.3, 0.4) is 0 Å². The molecule has 3 heterocycles. The van der Waals surface area contributed by atoms with E-state index in [0.29, 0.717) is 28.5 Å². The number of benzene rings is 1. The summed E-state index contributed by atoms with van der Waals surface area (Å²) in [4.78, 5) is 29.7. The van der Waals surface area contributed by atoms with E-state index in [0.717, 1.165) is 22.6 Å². The number of amides is 1. The summed E-state index contributed by atoms with van der Waals surface area (Å²) in [5, 5.41) is 12.5. The molecular weight excluding hydrogens is 354 g/mol. The lowest BCUT2D eigenvalue weighted by Gasteiger charge is -2.18. The maximum atomic E-state index is 11.9. The predicted molar refractivity (Wildman–Crippen MR) is 98.3 cm³/mol. The van der Waals surface area contributed by atoms with Gasteiger partial charge in [-0.2, -0.15) is 0 Å². The van der Waals surface area contributed by atoms with Crippen molar-refractivity contribution >= 4 is 33.9 Å². The minimum atomic E-state index is -0.995. The molecule has 0 unspecified atom stereocenters. The van der Waals surface area contributed by atoms with Crippen LogP contribution in [0.15, 0.2) is 18.2 Å². The van der Waals surface area contributed by atoms with Gasteiger partial charge in [-0.05, 0) is 31.0 Å². The Labute approximate surface area is 153 Å². The number of carboxylic acid groups (broad SMARTS) is 1. The number of nitrogens with zero attached hydrogens (tertiary/aromatic N) is 2. The summed E-state index contributed by atoms with van der Waals surface area (Å²) in [7, 11) is 0. The largest absolute Gasteiger partial charge is 0.482 e. The predicted octanol–water partition coefficient (Wildman–Crippen LogP) is 3.22. The molecule has 134 valence electrons. The number of carbonyl (C=O) groups is 2. The molecule has 2 aromatic heterocycles. The molecule has 1 amide bonds. The van der Waals surface area contributed by atoms with Gasteiger partial charge < -0.3 is 15.2 Å². The Hall–Kier alpha value is -2.87. The van der Waals surface area contributed by atoms with Crippen LogP contribution in [0.4, 0.5) is 5.69 Å². The van der Waals surface area contributed by atoms with E-state index in [1.165, 1.54) is 11.3 Å². The molecule has 1 aliphatic heterocycles. The molecular formula is C18H17N3O4S. The number of carbonyl (C=O) groups excluding carboxylic acids is 1. The third-order valence-corrected chi connectivity index (χ3v) is 5.55. The van der Waals surface area contributed by atoms with Crippen LogP contribution in [0, 0.1) is 0 Å². The molecule has 0 saturated carbocycles. The smallest absolute Gasteiger partial charge is 0.354 e. The number of ether oxygens (including phenoxy) is 1. The van der Waals surface area contributed by atoms with Crippen LogP contribution < -0.4 is 10.1 Å². The van der Waals surface area contributed by atoms with Gasteiger partial charge in [0.15, 0.2) is 17.3 Å². The Kier molecular flexibility index (Phi) is 3.91. The summed E-state index contributed by atoms with van der Waals surface area (Å²) in [5.74, 6) is -0.593. The second-order valence-corrected chi connectivity index (χ2v) is 7.02. The van der Waals surface area contributed by atoms with Gasteiger partial charge in [-0.1, -0.05) is 13.8 Å². The van der Waals surface area contributed by atoms with E-state index in [1.807, 2.05) is 26.0 Å². The van der Waals surface area contributed by atoms with Crippen molar-refractivity contribution < 1.29 is 19.4 Å². The van der Waals surface area contributed by atoms with Crippen molar-refractivity contribution in [2.45, 2.75) is 26.7 Å². The fourth-order valence-corrected chi connectivity index (χ4v) is 4.33. The highest BCUT2D eigenvalue weighted by atomic mass is 32.1. The Morgan fingerprint density at radius 3 is 2.88 bits per heavy atom. The van der Waals surface area contributed by atoms with Crippen LogP contribution in [0.5, 0.6) is 5.75 Å². The number of aromatic carboxylic acids is 1. The lowest BCUT2D eigenvalue weighted by Crippen LogP contribution is -2.25. The molecule has 1 aliphatic rings. The second kappa shape index (κ2) is 6.14. The van der Waals surface area contributed by atoms with Gasteiger partial charge in [-0.3, -0.25) is 9.20 Å². The summed E-state index contributed by atoms with van der Waals surface area (Å²) in [6.07, 6.45) is 1.30. The van der Waals surface area contributed by atoms with Crippen LogP contribution >= 0.6 is 11.3 Å². The van der Waals surface area contributed by atoms with Gasteiger partial charge in [-0.25, -0.2) is 9.78 Å². The van der Waals surface area contributed by atoms with E-state index in [9.17, 15) is 14.7 Å². The molecule has 0 saturated heterocycles. The average Bonchev–Trinajstić information content (AvgIpc) is 3.15. The zero-order valence-corrected chi connectivity index (χ0v) is 15.1. The minimum Gasteiger partial charge on any atom is -0.482 e. The maximum Gasteiger partial charge on any atom is 0.354 e. The Morgan fingerprint density at radius 2 is 2.19 bits per heavy atom. The van der Waals surface area contributed by atoms with Gasteiger partial charge in [0.25, 0.3) is 5.91 Å². The third kappa shape index (κ3) is 2.45. The molecule has 1 aromatic carbocycles. The molecule has 3 aromatic rings. The summed E-state index contributed by atoms with van der Waals surface area (Å²) in [6, 6.07) is 5.50. The van der Waals surface area contributed by atoms with E-state index in [1.54, 1.807) is 10.5 Å². The lowest BCUT2D eigenvalue weighted by atomic mass is 10.1. The third-order valence-electron chi connectivity index (χ3n) is 4.37. The number of fused-ring (bicyclic) bond motifs is 2. The fourth-order valence-electron chi connectivity index (χ4n) is 3.23. The van der Waals surface area contributed by atoms with Crippen LogP contribution in [-0.2, 0) is 17.6 Å². The molecule has 0 spiro atoms. The van der Waals surface area contributed by atoms with Gasteiger partial charge in [-0.15, -0.1) is 11.3 Å². The first-order valence-electron chi connectivity index (χ1n) is 8.36. The molecule has 2 N–H and O–H groups in total. The zero-order valence-electron chi connectivity index (χ0n) is 14.3. The summed E-state index contributed by atoms with van der Waals surface area (Å²) >= 11 is 1.49. The van der Waals surface area contributed by atoms with Crippen LogP contribution in [0.1, 0.15) is 34.9 Å². The molecule has 0 atom stereocenters. The molecule has 0 bridgehead atoms. The first-order valence-corrected chi connectivity index (χ1v) is 9.18. The van der Waals surface area contributed by atoms with Gasteiger partial charge in [0.1, 0.15) is 5.75 Å². The normalized spacial score (nSPS) is 13.4. The number of nitrogens with one attached hydrogen (secondary N) is 1. The molecule has 0 radical (unpaired) electrons. The van der Waals surface area contributed by atoms with E-state index in [-0.39, 0.29) is 18.2 Å². The number of rotatable bonds is 4.